The molecule has 160 valence electrons. The summed E-state index contributed by atoms with van der Waals surface area (Å²) in [6, 6.07) is 17.4. The van der Waals surface area contributed by atoms with Crippen molar-refractivity contribution < 1.29 is 9.59 Å². The van der Waals surface area contributed by atoms with E-state index in [1.165, 1.54) is 5.56 Å². The van der Waals surface area contributed by atoms with Crippen molar-refractivity contribution in [2.24, 2.45) is 0 Å². The molecule has 1 saturated heterocycles. The molecule has 0 aliphatic carbocycles. The van der Waals surface area contributed by atoms with E-state index in [4.69, 9.17) is 0 Å². The Kier molecular flexibility index (Phi) is 6.62. The molecule has 1 aliphatic heterocycles. The topological polar surface area (TPSA) is 74.3 Å². The smallest absolute Gasteiger partial charge is 0.318 e. The standard InChI is InChI=1S/C24H26N4O2S/c1-17-9-11-18(12-10-17)14-26-24(30)28-13-5-8-21(28)22(29)25-15-20-16-31-23(27-20)19-6-3-2-4-7-19/h2-4,6-7,9-12,16,21H,5,8,13-15H2,1H3,(H,25,29)(H,26,30). The summed E-state index contributed by atoms with van der Waals surface area (Å²) < 4.78 is 0. The fourth-order valence-corrected chi connectivity index (χ4v) is 4.49. The molecule has 1 aromatic heterocycles. The fraction of sp³-hybridized carbons (Fsp3) is 0.292. The van der Waals surface area contributed by atoms with Crippen LogP contribution in [0, 0.1) is 6.92 Å². The van der Waals surface area contributed by atoms with Gasteiger partial charge in [-0.3, -0.25) is 4.79 Å². The number of thiazole rings is 1. The summed E-state index contributed by atoms with van der Waals surface area (Å²) in [6.07, 6.45) is 1.50. The lowest BCUT2D eigenvalue weighted by atomic mass is 10.1. The van der Waals surface area contributed by atoms with Crippen molar-refractivity contribution in [3.63, 3.8) is 0 Å². The van der Waals surface area contributed by atoms with E-state index in [9.17, 15) is 9.59 Å². The summed E-state index contributed by atoms with van der Waals surface area (Å²) in [4.78, 5) is 31.7. The van der Waals surface area contributed by atoms with Gasteiger partial charge in [-0.25, -0.2) is 9.78 Å². The monoisotopic (exact) mass is 434 g/mol. The number of carbonyl (C=O) groups excluding carboxylic acids is 2. The van der Waals surface area contributed by atoms with Crippen LogP contribution in [0.2, 0.25) is 0 Å². The summed E-state index contributed by atoms with van der Waals surface area (Å²) >= 11 is 1.56. The summed E-state index contributed by atoms with van der Waals surface area (Å²) in [7, 11) is 0. The van der Waals surface area contributed by atoms with Gasteiger partial charge in [0.15, 0.2) is 0 Å². The Bertz CT molecular complexity index is 1030. The van der Waals surface area contributed by atoms with Crippen LogP contribution in [-0.4, -0.2) is 34.4 Å². The number of urea groups is 1. The zero-order valence-corrected chi connectivity index (χ0v) is 18.3. The van der Waals surface area contributed by atoms with Gasteiger partial charge in [0.05, 0.1) is 12.2 Å². The molecule has 2 heterocycles. The number of carbonyl (C=O) groups is 2. The van der Waals surface area contributed by atoms with Gasteiger partial charge >= 0.3 is 6.03 Å². The molecule has 3 aromatic rings. The highest BCUT2D eigenvalue weighted by molar-refractivity contribution is 7.13. The molecule has 2 aromatic carbocycles. The normalized spacial score (nSPS) is 15.6. The first-order chi connectivity index (χ1) is 15.1. The highest BCUT2D eigenvalue weighted by Gasteiger charge is 2.33. The molecule has 0 saturated carbocycles. The number of aryl methyl sites for hydroxylation is 1. The Morgan fingerprint density at radius 3 is 2.61 bits per heavy atom. The average Bonchev–Trinajstić information content (AvgIpc) is 3.47. The SMILES string of the molecule is Cc1ccc(CNC(=O)N2CCCC2C(=O)NCc2csc(-c3ccccc3)n2)cc1. The maximum Gasteiger partial charge on any atom is 0.318 e. The van der Waals surface area contributed by atoms with E-state index >= 15 is 0 Å². The Labute approximate surface area is 186 Å². The van der Waals surface area contributed by atoms with Crippen molar-refractivity contribution in [3.05, 3.63) is 76.8 Å². The minimum absolute atomic E-state index is 0.128. The molecule has 0 spiro atoms. The predicted octanol–water partition coefficient (Wildman–Crippen LogP) is 4.11. The zero-order chi connectivity index (χ0) is 21.6. The van der Waals surface area contributed by atoms with E-state index in [2.05, 4.69) is 15.6 Å². The molecule has 1 fully saturated rings. The molecule has 3 amide bonds. The lowest BCUT2D eigenvalue weighted by molar-refractivity contribution is -0.124. The van der Waals surface area contributed by atoms with Crippen molar-refractivity contribution in [1.82, 2.24) is 20.5 Å². The van der Waals surface area contributed by atoms with Gasteiger partial charge in [-0.15, -0.1) is 11.3 Å². The summed E-state index contributed by atoms with van der Waals surface area (Å²) in [5.74, 6) is -0.128. The van der Waals surface area contributed by atoms with Gasteiger partial charge < -0.3 is 15.5 Å². The van der Waals surface area contributed by atoms with Crippen LogP contribution in [-0.2, 0) is 17.9 Å². The molecular weight excluding hydrogens is 408 g/mol. The first-order valence-corrected chi connectivity index (χ1v) is 11.4. The third-order valence-electron chi connectivity index (χ3n) is 5.40. The quantitative estimate of drug-likeness (QED) is 0.613. The van der Waals surface area contributed by atoms with Crippen LogP contribution < -0.4 is 10.6 Å². The molecule has 31 heavy (non-hydrogen) atoms. The van der Waals surface area contributed by atoms with Crippen molar-refractivity contribution >= 4 is 23.3 Å². The lowest BCUT2D eigenvalue weighted by Gasteiger charge is -2.24. The number of likely N-dealkylation sites (tertiary alicyclic amines) is 1. The maximum atomic E-state index is 12.8. The minimum atomic E-state index is -0.440. The van der Waals surface area contributed by atoms with Crippen molar-refractivity contribution in [2.75, 3.05) is 6.54 Å². The molecule has 0 radical (unpaired) electrons. The zero-order valence-electron chi connectivity index (χ0n) is 17.5. The van der Waals surface area contributed by atoms with Gasteiger partial charge in [-0.1, -0.05) is 60.2 Å². The molecule has 6 nitrogen and oxygen atoms in total. The van der Waals surface area contributed by atoms with Crippen LogP contribution in [0.3, 0.4) is 0 Å². The molecule has 7 heteroatoms. The van der Waals surface area contributed by atoms with Gasteiger partial charge in [0, 0.05) is 24.0 Å². The number of hydrogen-bond donors (Lipinski definition) is 2. The second-order valence-electron chi connectivity index (χ2n) is 7.72. The van der Waals surface area contributed by atoms with Crippen LogP contribution in [0.5, 0.6) is 0 Å². The lowest BCUT2D eigenvalue weighted by Crippen LogP contribution is -2.49. The molecule has 1 atom stereocenters. The Balaban J connectivity index is 1.30. The fourth-order valence-electron chi connectivity index (χ4n) is 3.66. The van der Waals surface area contributed by atoms with E-state index in [1.54, 1.807) is 16.2 Å². The Hall–Kier alpha value is -3.19. The molecular formula is C24H26N4O2S. The summed E-state index contributed by atoms with van der Waals surface area (Å²) in [6.45, 7) is 3.43. The van der Waals surface area contributed by atoms with Gasteiger partial charge in [-0.05, 0) is 25.3 Å². The van der Waals surface area contributed by atoms with Crippen molar-refractivity contribution in [2.45, 2.75) is 38.9 Å². The molecule has 1 unspecified atom stereocenters. The van der Waals surface area contributed by atoms with Gasteiger partial charge in [0.1, 0.15) is 11.0 Å². The van der Waals surface area contributed by atoms with Crippen LogP contribution in [0.4, 0.5) is 4.79 Å². The number of aromatic nitrogens is 1. The molecule has 1 aliphatic rings. The van der Waals surface area contributed by atoms with Crippen molar-refractivity contribution in [1.29, 1.82) is 0 Å². The van der Waals surface area contributed by atoms with Gasteiger partial charge in [0.2, 0.25) is 5.91 Å². The number of hydrogen-bond acceptors (Lipinski definition) is 4. The van der Waals surface area contributed by atoms with Gasteiger partial charge in [0.25, 0.3) is 0 Å². The Morgan fingerprint density at radius 1 is 1.06 bits per heavy atom. The van der Waals surface area contributed by atoms with E-state index in [1.807, 2.05) is 66.9 Å². The average molecular weight is 435 g/mol. The van der Waals surface area contributed by atoms with Crippen LogP contribution in [0.15, 0.2) is 60.0 Å². The summed E-state index contributed by atoms with van der Waals surface area (Å²) in [5, 5.41) is 8.79. The van der Waals surface area contributed by atoms with E-state index in [0.29, 0.717) is 26.1 Å². The number of amides is 3. The van der Waals surface area contributed by atoms with Crippen molar-refractivity contribution in [3.8, 4) is 10.6 Å². The number of nitrogens with zero attached hydrogens (tertiary/aromatic N) is 2. The third kappa shape index (κ3) is 5.30. The highest BCUT2D eigenvalue weighted by Crippen LogP contribution is 2.23. The van der Waals surface area contributed by atoms with Crippen LogP contribution in [0.1, 0.15) is 29.7 Å². The summed E-state index contributed by atoms with van der Waals surface area (Å²) in [5.41, 5.74) is 4.11. The van der Waals surface area contributed by atoms with Crippen LogP contribution in [0.25, 0.3) is 10.6 Å². The number of benzene rings is 2. The number of rotatable bonds is 6. The second-order valence-corrected chi connectivity index (χ2v) is 8.58. The first-order valence-electron chi connectivity index (χ1n) is 10.5. The van der Waals surface area contributed by atoms with Gasteiger partial charge in [-0.2, -0.15) is 0 Å². The van der Waals surface area contributed by atoms with E-state index < -0.39 is 6.04 Å². The minimum Gasteiger partial charge on any atom is -0.349 e. The molecule has 2 N–H and O–H groups in total. The van der Waals surface area contributed by atoms with E-state index in [-0.39, 0.29) is 11.9 Å². The second kappa shape index (κ2) is 9.75. The third-order valence-corrected chi connectivity index (χ3v) is 6.34. The van der Waals surface area contributed by atoms with E-state index in [0.717, 1.165) is 28.2 Å². The largest absolute Gasteiger partial charge is 0.349 e. The Morgan fingerprint density at radius 2 is 1.84 bits per heavy atom. The van der Waals surface area contributed by atoms with Crippen LogP contribution >= 0.6 is 11.3 Å². The molecule has 0 bridgehead atoms. The highest BCUT2D eigenvalue weighted by atomic mass is 32.1. The number of nitrogens with one attached hydrogen (secondary N) is 2. The molecule has 4 rings (SSSR count). The predicted molar refractivity (Wildman–Crippen MR) is 123 cm³/mol. The first kappa shape index (κ1) is 21.1. The maximum absolute atomic E-state index is 12.8.